The first-order valence-corrected chi connectivity index (χ1v) is 6.17. The summed E-state index contributed by atoms with van der Waals surface area (Å²) in [5, 5.41) is 0. The van der Waals surface area contributed by atoms with Crippen LogP contribution in [0.15, 0.2) is 30.3 Å². The number of nitrogens with zero attached hydrogens (tertiary/aromatic N) is 1. The van der Waals surface area contributed by atoms with Crippen molar-refractivity contribution >= 4 is 17.2 Å². The average molecular weight is 234 g/mol. The first-order chi connectivity index (χ1) is 7.68. The van der Waals surface area contributed by atoms with Crippen LogP contribution in [0.1, 0.15) is 24.8 Å². The van der Waals surface area contributed by atoms with Crippen LogP contribution in [0.2, 0.25) is 0 Å². The van der Waals surface area contributed by atoms with Crippen molar-refractivity contribution in [3.8, 4) is 0 Å². The molecule has 1 aromatic rings. The summed E-state index contributed by atoms with van der Waals surface area (Å²) < 4.78 is 0. The van der Waals surface area contributed by atoms with Crippen LogP contribution in [0.5, 0.6) is 0 Å². The fraction of sp³-hybridized carbons (Fsp3) is 0.462. The lowest BCUT2D eigenvalue weighted by Gasteiger charge is -2.23. The lowest BCUT2D eigenvalue weighted by molar-refractivity contribution is 0.312. The lowest BCUT2D eigenvalue weighted by Crippen LogP contribution is -2.40. The molecule has 1 aliphatic heterocycles. The van der Waals surface area contributed by atoms with E-state index in [1.807, 2.05) is 0 Å². The molecule has 2 atom stereocenters. The Morgan fingerprint density at radius 3 is 2.75 bits per heavy atom. The standard InChI is InChI=1S/C13H18N2S/c1-10(13(14)16)15-8-7-12(9-15)11-5-3-2-4-6-11/h2-6,10,12H,7-9H2,1H3,(H2,14,16). The van der Waals surface area contributed by atoms with Crippen molar-refractivity contribution in [3.05, 3.63) is 35.9 Å². The molecule has 2 rings (SSSR count). The second-order valence-corrected chi connectivity index (χ2v) is 4.94. The van der Waals surface area contributed by atoms with Crippen LogP contribution in [0, 0.1) is 0 Å². The highest BCUT2D eigenvalue weighted by molar-refractivity contribution is 7.80. The molecule has 2 N–H and O–H groups in total. The van der Waals surface area contributed by atoms with Gasteiger partial charge in [0.05, 0.1) is 11.0 Å². The maximum atomic E-state index is 5.69. The van der Waals surface area contributed by atoms with Gasteiger partial charge >= 0.3 is 0 Å². The Morgan fingerprint density at radius 1 is 1.44 bits per heavy atom. The van der Waals surface area contributed by atoms with E-state index >= 15 is 0 Å². The summed E-state index contributed by atoms with van der Waals surface area (Å²) in [6, 6.07) is 10.9. The van der Waals surface area contributed by atoms with Crippen LogP contribution in [0.25, 0.3) is 0 Å². The number of likely N-dealkylation sites (tertiary alicyclic amines) is 1. The molecule has 1 heterocycles. The summed E-state index contributed by atoms with van der Waals surface area (Å²) in [4.78, 5) is 2.98. The van der Waals surface area contributed by atoms with Crippen LogP contribution in [-0.4, -0.2) is 29.0 Å². The SMILES string of the molecule is CC(C(N)=S)N1CCC(c2ccccc2)C1. The quantitative estimate of drug-likeness (QED) is 0.813. The Kier molecular flexibility index (Phi) is 3.56. The smallest absolute Gasteiger partial charge is 0.0899 e. The number of hydrogen-bond acceptors (Lipinski definition) is 2. The third-order valence-electron chi connectivity index (χ3n) is 3.45. The molecular weight excluding hydrogens is 216 g/mol. The van der Waals surface area contributed by atoms with Gasteiger partial charge in [-0.15, -0.1) is 0 Å². The molecule has 0 aliphatic carbocycles. The van der Waals surface area contributed by atoms with E-state index in [0.29, 0.717) is 10.9 Å². The molecule has 1 saturated heterocycles. The fourth-order valence-electron chi connectivity index (χ4n) is 2.32. The van der Waals surface area contributed by atoms with Crippen LogP contribution in [0.3, 0.4) is 0 Å². The molecule has 86 valence electrons. The summed E-state index contributed by atoms with van der Waals surface area (Å²) in [5.74, 6) is 0.637. The Balaban J connectivity index is 2.01. The zero-order valence-corrected chi connectivity index (χ0v) is 10.4. The highest BCUT2D eigenvalue weighted by Gasteiger charge is 2.27. The lowest BCUT2D eigenvalue weighted by atomic mass is 9.99. The van der Waals surface area contributed by atoms with Gasteiger partial charge in [0.2, 0.25) is 0 Å². The summed E-state index contributed by atoms with van der Waals surface area (Å²) in [7, 11) is 0. The number of benzene rings is 1. The molecule has 0 saturated carbocycles. The van der Waals surface area contributed by atoms with Gasteiger partial charge in [-0.2, -0.15) is 0 Å². The van der Waals surface area contributed by atoms with Gasteiger partial charge in [0.1, 0.15) is 0 Å². The minimum atomic E-state index is 0.226. The molecule has 0 bridgehead atoms. The minimum absolute atomic E-state index is 0.226. The van der Waals surface area contributed by atoms with Gasteiger partial charge < -0.3 is 5.73 Å². The maximum Gasteiger partial charge on any atom is 0.0899 e. The van der Waals surface area contributed by atoms with Crippen LogP contribution >= 0.6 is 12.2 Å². The maximum absolute atomic E-state index is 5.69. The van der Waals surface area contributed by atoms with Gasteiger partial charge in [-0.3, -0.25) is 4.90 Å². The number of hydrogen-bond donors (Lipinski definition) is 1. The topological polar surface area (TPSA) is 29.3 Å². The van der Waals surface area contributed by atoms with Gasteiger partial charge in [0, 0.05) is 6.54 Å². The predicted octanol–water partition coefficient (Wildman–Crippen LogP) is 2.15. The van der Waals surface area contributed by atoms with Crippen molar-refractivity contribution < 1.29 is 0 Å². The normalized spacial score (nSPS) is 23.2. The molecule has 1 aromatic carbocycles. The Hall–Kier alpha value is -0.930. The van der Waals surface area contributed by atoms with Crippen LogP contribution in [0.4, 0.5) is 0 Å². The molecule has 1 aliphatic rings. The van der Waals surface area contributed by atoms with E-state index in [1.165, 1.54) is 12.0 Å². The summed E-state index contributed by atoms with van der Waals surface area (Å²) in [6.07, 6.45) is 1.21. The monoisotopic (exact) mass is 234 g/mol. The number of thiocarbonyl (C=S) groups is 1. The van der Waals surface area contributed by atoms with E-state index < -0.39 is 0 Å². The third-order valence-corrected chi connectivity index (χ3v) is 3.79. The molecule has 0 aromatic heterocycles. The molecule has 1 fully saturated rings. The molecule has 3 heteroatoms. The molecule has 16 heavy (non-hydrogen) atoms. The highest BCUT2D eigenvalue weighted by atomic mass is 32.1. The predicted molar refractivity (Wildman–Crippen MR) is 71.6 cm³/mol. The van der Waals surface area contributed by atoms with E-state index in [9.17, 15) is 0 Å². The second-order valence-electron chi connectivity index (χ2n) is 4.47. The van der Waals surface area contributed by atoms with E-state index in [4.69, 9.17) is 18.0 Å². The van der Waals surface area contributed by atoms with Gasteiger partial charge in [-0.25, -0.2) is 0 Å². The zero-order chi connectivity index (χ0) is 11.5. The number of rotatable bonds is 3. The molecule has 2 nitrogen and oxygen atoms in total. The molecular formula is C13H18N2S. The van der Waals surface area contributed by atoms with Crippen LogP contribution in [-0.2, 0) is 0 Å². The van der Waals surface area contributed by atoms with E-state index in [0.717, 1.165) is 13.1 Å². The third kappa shape index (κ3) is 2.42. The van der Waals surface area contributed by atoms with Crippen molar-refractivity contribution in [3.63, 3.8) is 0 Å². The van der Waals surface area contributed by atoms with Crippen LogP contribution < -0.4 is 5.73 Å². The van der Waals surface area contributed by atoms with Gasteiger partial charge in [0.25, 0.3) is 0 Å². The molecule has 0 spiro atoms. The van der Waals surface area contributed by atoms with Crippen molar-refractivity contribution in [1.29, 1.82) is 0 Å². The Labute approximate surface area is 102 Å². The zero-order valence-electron chi connectivity index (χ0n) is 9.60. The summed E-state index contributed by atoms with van der Waals surface area (Å²) in [5.41, 5.74) is 7.12. The van der Waals surface area contributed by atoms with Crippen molar-refractivity contribution in [2.45, 2.75) is 25.3 Å². The van der Waals surface area contributed by atoms with Gasteiger partial charge in [-0.1, -0.05) is 42.5 Å². The first kappa shape index (κ1) is 11.6. The highest BCUT2D eigenvalue weighted by Crippen LogP contribution is 2.28. The van der Waals surface area contributed by atoms with Gasteiger partial charge in [-0.05, 0) is 31.4 Å². The Bertz CT molecular complexity index is 363. The van der Waals surface area contributed by atoms with E-state index in [1.54, 1.807) is 0 Å². The Morgan fingerprint density at radius 2 is 2.12 bits per heavy atom. The van der Waals surface area contributed by atoms with Gasteiger partial charge in [0.15, 0.2) is 0 Å². The van der Waals surface area contributed by atoms with Crippen molar-refractivity contribution in [2.24, 2.45) is 5.73 Å². The summed E-state index contributed by atoms with van der Waals surface area (Å²) >= 11 is 5.05. The molecule has 2 unspecified atom stereocenters. The average Bonchev–Trinajstić information content (AvgIpc) is 2.78. The van der Waals surface area contributed by atoms with E-state index in [2.05, 4.69) is 42.2 Å². The number of nitrogens with two attached hydrogens (primary N) is 1. The van der Waals surface area contributed by atoms with E-state index in [-0.39, 0.29) is 6.04 Å². The molecule has 0 amide bonds. The molecule has 0 radical (unpaired) electrons. The van der Waals surface area contributed by atoms with Crippen molar-refractivity contribution in [2.75, 3.05) is 13.1 Å². The minimum Gasteiger partial charge on any atom is -0.392 e. The largest absolute Gasteiger partial charge is 0.392 e. The summed E-state index contributed by atoms with van der Waals surface area (Å²) in [6.45, 7) is 4.26. The fourth-order valence-corrected chi connectivity index (χ4v) is 2.47. The van der Waals surface area contributed by atoms with Crippen molar-refractivity contribution in [1.82, 2.24) is 4.90 Å². The first-order valence-electron chi connectivity index (χ1n) is 5.77. The second kappa shape index (κ2) is 4.93.